The van der Waals surface area contributed by atoms with Crippen LogP contribution in [0.2, 0.25) is 0 Å². The van der Waals surface area contributed by atoms with Crippen LogP contribution >= 0.6 is 0 Å². The summed E-state index contributed by atoms with van der Waals surface area (Å²) in [6.07, 6.45) is 3.25. The maximum Gasteiger partial charge on any atom is 0.303 e. The number of hydrogen-bond donors (Lipinski definition) is 2. The Hall–Kier alpha value is -1.06. The average molecular weight is 210 g/mol. The van der Waals surface area contributed by atoms with E-state index >= 15 is 0 Å². The minimum atomic E-state index is -0.714. The van der Waals surface area contributed by atoms with Gasteiger partial charge in [0.2, 0.25) is 0 Å². The minimum absolute atomic E-state index is 0.0925. The summed E-state index contributed by atoms with van der Waals surface area (Å²) in [6, 6.07) is 0. The van der Waals surface area contributed by atoms with Crippen molar-refractivity contribution in [3.63, 3.8) is 0 Å². The van der Waals surface area contributed by atoms with Crippen LogP contribution in [0.1, 0.15) is 39.5 Å². The normalized spacial score (nSPS) is 46.3. The van der Waals surface area contributed by atoms with Crippen LogP contribution in [-0.2, 0) is 4.79 Å². The van der Waals surface area contributed by atoms with Crippen molar-refractivity contribution in [3.8, 4) is 0 Å². The second kappa shape index (κ2) is 2.97. The second-order valence-corrected chi connectivity index (χ2v) is 5.34. The predicted octanol–water partition coefficient (Wildman–Crippen LogP) is 1.60. The number of hydrazone groups is 1. The van der Waals surface area contributed by atoms with Crippen LogP contribution < -0.4 is 5.84 Å². The van der Waals surface area contributed by atoms with Crippen LogP contribution in [0.5, 0.6) is 0 Å². The first-order valence-electron chi connectivity index (χ1n) is 5.43. The number of hydrogen-bond acceptors (Lipinski definition) is 3. The molecule has 4 heteroatoms. The lowest BCUT2D eigenvalue weighted by Crippen LogP contribution is -2.37. The topological polar surface area (TPSA) is 75.7 Å². The fourth-order valence-corrected chi connectivity index (χ4v) is 3.63. The number of fused-ring (bicyclic) bond motifs is 2. The number of nitrogens with two attached hydrogens (primary N) is 1. The van der Waals surface area contributed by atoms with Crippen LogP contribution in [0, 0.1) is 16.7 Å². The molecule has 3 unspecified atom stereocenters. The quantitative estimate of drug-likeness (QED) is 0.537. The van der Waals surface area contributed by atoms with E-state index in [0.29, 0.717) is 5.92 Å². The summed E-state index contributed by atoms with van der Waals surface area (Å²) in [5.41, 5.74) is 0.768. The van der Waals surface area contributed by atoms with Gasteiger partial charge in [0, 0.05) is 11.1 Å². The van der Waals surface area contributed by atoms with Gasteiger partial charge in [-0.25, -0.2) is 0 Å². The molecule has 4 nitrogen and oxygen atoms in total. The number of rotatable bonds is 2. The third-order valence-corrected chi connectivity index (χ3v) is 4.91. The average Bonchev–Trinajstić information content (AvgIpc) is 2.49. The molecule has 0 radical (unpaired) electrons. The molecule has 0 aliphatic heterocycles. The van der Waals surface area contributed by atoms with Crippen molar-refractivity contribution in [1.29, 1.82) is 0 Å². The molecular formula is C11H18N2O2. The van der Waals surface area contributed by atoms with Gasteiger partial charge in [-0.15, -0.1) is 0 Å². The second-order valence-electron chi connectivity index (χ2n) is 5.34. The minimum Gasteiger partial charge on any atom is -0.481 e. The van der Waals surface area contributed by atoms with Crippen molar-refractivity contribution >= 4 is 11.7 Å². The van der Waals surface area contributed by atoms with E-state index in [0.717, 1.165) is 25.0 Å². The van der Waals surface area contributed by atoms with Gasteiger partial charge >= 0.3 is 5.97 Å². The van der Waals surface area contributed by atoms with E-state index < -0.39 is 5.97 Å². The first kappa shape index (κ1) is 10.5. The Morgan fingerprint density at radius 2 is 2.33 bits per heavy atom. The summed E-state index contributed by atoms with van der Waals surface area (Å²) in [5.74, 6) is 5.13. The van der Waals surface area contributed by atoms with E-state index in [9.17, 15) is 4.79 Å². The highest BCUT2D eigenvalue weighted by Gasteiger charge is 2.62. The Morgan fingerprint density at radius 1 is 1.67 bits per heavy atom. The molecule has 2 aliphatic carbocycles. The number of carboxylic acid groups (broad SMARTS) is 1. The van der Waals surface area contributed by atoms with Gasteiger partial charge in [0.05, 0.1) is 6.42 Å². The Morgan fingerprint density at radius 3 is 2.80 bits per heavy atom. The first-order chi connectivity index (χ1) is 6.94. The Labute approximate surface area is 89.5 Å². The summed E-state index contributed by atoms with van der Waals surface area (Å²) in [5, 5.41) is 12.9. The van der Waals surface area contributed by atoms with Crippen molar-refractivity contribution in [1.82, 2.24) is 0 Å². The highest BCUT2D eigenvalue weighted by Crippen LogP contribution is 2.65. The fraction of sp³-hybridized carbons (Fsp3) is 0.818. The predicted molar refractivity (Wildman–Crippen MR) is 57.4 cm³/mol. The smallest absolute Gasteiger partial charge is 0.303 e. The molecule has 0 spiro atoms. The Bertz CT molecular complexity index is 339. The standard InChI is InChI=1S/C11H18N2O2/c1-10-4-3-7(5-8(10)13-12)11(10,2)6-9(14)15/h7H,3-6,12H2,1-2H3,(H,14,15)/b13-8+. The van der Waals surface area contributed by atoms with Crippen LogP contribution in [0.3, 0.4) is 0 Å². The lowest BCUT2D eigenvalue weighted by atomic mass is 9.67. The van der Waals surface area contributed by atoms with E-state index in [2.05, 4.69) is 18.9 Å². The van der Waals surface area contributed by atoms with Crippen LogP contribution in [0.4, 0.5) is 0 Å². The molecule has 0 amide bonds. The lowest BCUT2D eigenvalue weighted by Gasteiger charge is -2.36. The zero-order valence-electron chi connectivity index (χ0n) is 9.29. The van der Waals surface area contributed by atoms with E-state index in [1.54, 1.807) is 0 Å². The maximum absolute atomic E-state index is 10.9. The summed E-state index contributed by atoms with van der Waals surface area (Å²) in [7, 11) is 0. The monoisotopic (exact) mass is 210 g/mol. The van der Waals surface area contributed by atoms with Gasteiger partial charge in [0.25, 0.3) is 0 Å². The van der Waals surface area contributed by atoms with E-state index in [-0.39, 0.29) is 17.3 Å². The van der Waals surface area contributed by atoms with E-state index in [1.165, 1.54) is 0 Å². The van der Waals surface area contributed by atoms with Gasteiger partial charge in [-0.05, 0) is 30.6 Å². The fourth-order valence-electron chi connectivity index (χ4n) is 3.63. The number of aliphatic carboxylic acids is 1. The summed E-state index contributed by atoms with van der Waals surface area (Å²) in [4.78, 5) is 10.9. The summed E-state index contributed by atoms with van der Waals surface area (Å²) >= 11 is 0. The number of nitrogens with zero attached hydrogens (tertiary/aromatic N) is 1. The molecule has 2 bridgehead atoms. The molecule has 2 fully saturated rings. The molecule has 2 rings (SSSR count). The van der Waals surface area contributed by atoms with Crippen molar-refractivity contribution in [2.45, 2.75) is 39.5 Å². The molecule has 3 N–H and O–H groups in total. The van der Waals surface area contributed by atoms with E-state index in [4.69, 9.17) is 10.9 Å². The van der Waals surface area contributed by atoms with Gasteiger partial charge in [-0.1, -0.05) is 13.8 Å². The Balaban J connectivity index is 2.39. The highest BCUT2D eigenvalue weighted by molar-refractivity contribution is 5.94. The van der Waals surface area contributed by atoms with Crippen molar-refractivity contribution in [3.05, 3.63) is 0 Å². The third kappa shape index (κ3) is 1.13. The highest BCUT2D eigenvalue weighted by atomic mass is 16.4. The molecule has 0 aromatic rings. The SMILES string of the molecule is CC12CCC(C/C1=N\N)C2(C)CC(=O)O. The van der Waals surface area contributed by atoms with Crippen molar-refractivity contribution < 1.29 is 9.90 Å². The summed E-state index contributed by atoms with van der Waals surface area (Å²) in [6.45, 7) is 4.20. The third-order valence-electron chi connectivity index (χ3n) is 4.91. The summed E-state index contributed by atoms with van der Waals surface area (Å²) < 4.78 is 0. The molecular weight excluding hydrogens is 192 g/mol. The maximum atomic E-state index is 10.9. The lowest BCUT2D eigenvalue weighted by molar-refractivity contribution is -0.141. The molecule has 0 aromatic heterocycles. The van der Waals surface area contributed by atoms with E-state index in [1.807, 2.05) is 0 Å². The molecule has 15 heavy (non-hydrogen) atoms. The molecule has 0 heterocycles. The molecule has 0 aromatic carbocycles. The largest absolute Gasteiger partial charge is 0.481 e. The Kier molecular flexibility index (Phi) is 2.07. The zero-order chi connectivity index (χ0) is 11.3. The van der Waals surface area contributed by atoms with Gasteiger partial charge in [0.1, 0.15) is 0 Å². The van der Waals surface area contributed by atoms with Gasteiger partial charge in [0.15, 0.2) is 0 Å². The number of carboxylic acids is 1. The van der Waals surface area contributed by atoms with Gasteiger partial charge in [-0.2, -0.15) is 5.10 Å². The van der Waals surface area contributed by atoms with Gasteiger partial charge < -0.3 is 10.9 Å². The van der Waals surface area contributed by atoms with Gasteiger partial charge in [-0.3, -0.25) is 4.79 Å². The molecule has 0 saturated heterocycles. The van der Waals surface area contributed by atoms with Crippen molar-refractivity contribution in [2.75, 3.05) is 0 Å². The first-order valence-corrected chi connectivity index (χ1v) is 5.43. The molecule has 2 aliphatic rings. The van der Waals surface area contributed by atoms with Crippen LogP contribution in [0.25, 0.3) is 0 Å². The van der Waals surface area contributed by atoms with Crippen molar-refractivity contribution in [2.24, 2.45) is 27.7 Å². The molecule has 3 atom stereocenters. The number of carbonyl (C=O) groups is 1. The molecule has 84 valence electrons. The van der Waals surface area contributed by atoms with Crippen LogP contribution in [0.15, 0.2) is 5.10 Å². The van der Waals surface area contributed by atoms with Crippen LogP contribution in [-0.4, -0.2) is 16.8 Å². The molecule has 2 saturated carbocycles. The zero-order valence-corrected chi connectivity index (χ0v) is 9.29.